The van der Waals surface area contributed by atoms with E-state index < -0.39 is 11.4 Å². The summed E-state index contributed by atoms with van der Waals surface area (Å²) in [4.78, 5) is 27.4. The van der Waals surface area contributed by atoms with Gasteiger partial charge in [-0.25, -0.2) is 24.1 Å². The minimum Gasteiger partial charge on any atom is -0.444 e. The predicted octanol–water partition coefficient (Wildman–Crippen LogP) is 5.09. The van der Waals surface area contributed by atoms with Gasteiger partial charge in [0.05, 0.1) is 11.7 Å². The Kier molecular flexibility index (Phi) is 5.19. The molecular weight excluding hydrogens is 415 g/mol. The fourth-order valence-corrected chi connectivity index (χ4v) is 4.46. The molecule has 154 valence electrons. The quantitative estimate of drug-likeness (QED) is 0.371. The van der Waals surface area contributed by atoms with Crippen LogP contribution in [0, 0.1) is 5.82 Å². The fraction of sp³-hybridized carbons (Fsp3) is 0.500. The molecule has 6 nitrogen and oxygen atoms in total. The first-order valence-corrected chi connectivity index (χ1v) is 11.1. The number of pyridine rings is 1. The monoisotopic (exact) mass is 436 g/mol. The Balaban J connectivity index is 1.75. The fourth-order valence-electron chi connectivity index (χ4n) is 3.96. The highest BCUT2D eigenvalue weighted by Crippen LogP contribution is 2.41. The van der Waals surface area contributed by atoms with Gasteiger partial charge in [-0.15, -0.1) is 0 Å². The number of carbonyl (C=O) groups is 1. The van der Waals surface area contributed by atoms with Crippen LogP contribution in [0.3, 0.4) is 0 Å². The molecule has 1 saturated heterocycles. The van der Waals surface area contributed by atoms with Crippen LogP contribution in [0.2, 0.25) is 5.15 Å². The van der Waals surface area contributed by atoms with E-state index in [1.54, 1.807) is 0 Å². The van der Waals surface area contributed by atoms with Crippen LogP contribution in [0.4, 0.5) is 9.18 Å². The standard InChI is InChI=1S/C20H22ClFN4O2S/c1-20(2,3)28-19(27)26-11-5-6-12(26)8-10(7-11)15-13-9-23-17(21)14(22)16(13)25-18(24-15)29-4/h7,9,11-12H,5-6,8H2,1-4H3. The average Bonchev–Trinajstić information content (AvgIpc) is 2.93. The number of hydrogen-bond acceptors (Lipinski definition) is 6. The second kappa shape index (κ2) is 7.40. The van der Waals surface area contributed by atoms with E-state index >= 15 is 0 Å². The molecule has 2 aromatic heterocycles. The van der Waals surface area contributed by atoms with Crippen LogP contribution in [0.15, 0.2) is 17.4 Å². The zero-order chi connectivity index (χ0) is 20.9. The highest BCUT2D eigenvalue weighted by molar-refractivity contribution is 7.98. The summed E-state index contributed by atoms with van der Waals surface area (Å²) in [5.74, 6) is -0.641. The van der Waals surface area contributed by atoms with E-state index in [4.69, 9.17) is 16.3 Å². The van der Waals surface area contributed by atoms with Gasteiger partial charge in [0, 0.05) is 17.6 Å². The molecule has 1 amide bonds. The number of amides is 1. The highest BCUT2D eigenvalue weighted by Gasteiger charge is 2.42. The lowest BCUT2D eigenvalue weighted by molar-refractivity contribution is 0.0175. The molecule has 4 heterocycles. The summed E-state index contributed by atoms with van der Waals surface area (Å²) in [7, 11) is 0. The van der Waals surface area contributed by atoms with Gasteiger partial charge in [-0.1, -0.05) is 29.4 Å². The van der Waals surface area contributed by atoms with Crippen LogP contribution in [0.1, 0.15) is 45.7 Å². The van der Waals surface area contributed by atoms with Crippen molar-refractivity contribution in [3.05, 3.63) is 28.9 Å². The van der Waals surface area contributed by atoms with E-state index in [9.17, 15) is 9.18 Å². The van der Waals surface area contributed by atoms with E-state index in [1.807, 2.05) is 38.0 Å². The van der Waals surface area contributed by atoms with Crippen LogP contribution in [-0.2, 0) is 4.74 Å². The molecule has 2 aromatic rings. The minimum absolute atomic E-state index is 0.0303. The number of carbonyl (C=O) groups excluding carboxylic acids is 1. The number of halogens is 2. The molecule has 0 spiro atoms. The predicted molar refractivity (Wildman–Crippen MR) is 112 cm³/mol. The summed E-state index contributed by atoms with van der Waals surface area (Å²) in [6, 6.07) is -0.0332. The number of thioether (sulfide) groups is 1. The summed E-state index contributed by atoms with van der Waals surface area (Å²) in [6.45, 7) is 5.59. The smallest absolute Gasteiger partial charge is 0.411 e. The van der Waals surface area contributed by atoms with Crippen LogP contribution in [0.25, 0.3) is 16.5 Å². The number of ether oxygens (including phenoxy) is 1. The van der Waals surface area contributed by atoms with E-state index in [-0.39, 0.29) is 28.8 Å². The lowest BCUT2D eigenvalue weighted by atomic mass is 9.96. The summed E-state index contributed by atoms with van der Waals surface area (Å²) in [5.41, 5.74) is 1.26. The summed E-state index contributed by atoms with van der Waals surface area (Å²) < 4.78 is 20.2. The number of nitrogens with zero attached hydrogens (tertiary/aromatic N) is 4. The van der Waals surface area contributed by atoms with Gasteiger partial charge in [-0.2, -0.15) is 0 Å². The first kappa shape index (κ1) is 20.3. The third-order valence-corrected chi connectivity index (χ3v) is 5.92. The zero-order valence-corrected chi connectivity index (χ0v) is 18.3. The van der Waals surface area contributed by atoms with Crippen molar-refractivity contribution in [1.82, 2.24) is 19.9 Å². The molecule has 9 heteroatoms. The number of hydrogen-bond donors (Lipinski definition) is 0. The lowest BCUT2D eigenvalue weighted by Crippen LogP contribution is -2.45. The minimum atomic E-state index is -0.641. The molecule has 0 aromatic carbocycles. The zero-order valence-electron chi connectivity index (χ0n) is 16.7. The van der Waals surface area contributed by atoms with Gasteiger partial charge in [-0.3, -0.25) is 4.90 Å². The molecule has 0 aliphatic carbocycles. The Morgan fingerprint density at radius 3 is 2.76 bits per heavy atom. The number of aromatic nitrogens is 3. The van der Waals surface area contributed by atoms with E-state index in [0.29, 0.717) is 22.7 Å². The first-order valence-electron chi connectivity index (χ1n) is 9.46. The molecule has 2 atom stereocenters. The van der Waals surface area contributed by atoms with E-state index in [0.717, 1.165) is 18.4 Å². The summed E-state index contributed by atoms with van der Waals surface area (Å²) >= 11 is 7.20. The van der Waals surface area contributed by atoms with Crippen LogP contribution >= 0.6 is 23.4 Å². The SMILES string of the molecule is CSc1nc(C2=CC3CCC(C2)N3C(=O)OC(C)(C)C)c2cnc(Cl)c(F)c2n1. The van der Waals surface area contributed by atoms with Gasteiger partial charge in [0.1, 0.15) is 11.1 Å². The van der Waals surface area contributed by atoms with Crippen molar-refractivity contribution in [2.75, 3.05) is 6.26 Å². The van der Waals surface area contributed by atoms with Crippen LogP contribution < -0.4 is 0 Å². The average molecular weight is 437 g/mol. The van der Waals surface area contributed by atoms with Crippen molar-refractivity contribution in [3.8, 4) is 0 Å². The number of fused-ring (bicyclic) bond motifs is 3. The maximum atomic E-state index is 14.6. The Bertz CT molecular complexity index is 1020. The van der Waals surface area contributed by atoms with Crippen LogP contribution in [-0.4, -0.2) is 49.9 Å². The molecule has 2 aliphatic rings. The summed E-state index contributed by atoms with van der Waals surface area (Å²) in [5, 5.41) is 0.792. The normalized spacial score (nSPS) is 21.4. The molecule has 2 aliphatic heterocycles. The second-order valence-electron chi connectivity index (χ2n) is 8.27. The van der Waals surface area contributed by atoms with E-state index in [2.05, 4.69) is 15.0 Å². The highest BCUT2D eigenvalue weighted by atomic mass is 35.5. The molecule has 2 bridgehead atoms. The van der Waals surface area contributed by atoms with Gasteiger partial charge < -0.3 is 4.74 Å². The van der Waals surface area contributed by atoms with Crippen molar-refractivity contribution >= 4 is 45.9 Å². The Labute approximate surface area is 177 Å². The van der Waals surface area contributed by atoms with E-state index in [1.165, 1.54) is 18.0 Å². The van der Waals surface area contributed by atoms with Crippen molar-refractivity contribution in [3.63, 3.8) is 0 Å². The molecule has 2 unspecified atom stereocenters. The Hall–Kier alpha value is -1.93. The maximum Gasteiger partial charge on any atom is 0.411 e. The molecule has 1 fully saturated rings. The van der Waals surface area contributed by atoms with Gasteiger partial charge in [0.25, 0.3) is 0 Å². The van der Waals surface area contributed by atoms with Gasteiger partial charge in [0.15, 0.2) is 16.1 Å². The number of rotatable bonds is 2. The van der Waals surface area contributed by atoms with Crippen molar-refractivity contribution < 1.29 is 13.9 Å². The van der Waals surface area contributed by atoms with Gasteiger partial charge in [0.2, 0.25) is 0 Å². The van der Waals surface area contributed by atoms with Crippen molar-refractivity contribution in [2.24, 2.45) is 0 Å². The molecule has 0 saturated carbocycles. The molecular formula is C20H22ClFN4O2S. The second-order valence-corrected chi connectivity index (χ2v) is 9.40. The topological polar surface area (TPSA) is 68.2 Å². The van der Waals surface area contributed by atoms with Gasteiger partial charge in [-0.05, 0) is 51.9 Å². The van der Waals surface area contributed by atoms with Crippen molar-refractivity contribution in [2.45, 2.75) is 62.9 Å². The molecule has 29 heavy (non-hydrogen) atoms. The Morgan fingerprint density at radius 1 is 1.34 bits per heavy atom. The third kappa shape index (κ3) is 3.80. The lowest BCUT2D eigenvalue weighted by Gasteiger charge is -2.35. The Morgan fingerprint density at radius 2 is 2.10 bits per heavy atom. The molecule has 4 rings (SSSR count). The van der Waals surface area contributed by atoms with Crippen LogP contribution in [0.5, 0.6) is 0 Å². The maximum absolute atomic E-state index is 14.6. The van der Waals surface area contributed by atoms with Gasteiger partial charge >= 0.3 is 6.09 Å². The summed E-state index contributed by atoms with van der Waals surface area (Å²) in [6.07, 6.45) is 7.49. The largest absolute Gasteiger partial charge is 0.444 e. The van der Waals surface area contributed by atoms with Crippen molar-refractivity contribution in [1.29, 1.82) is 0 Å². The molecule has 0 radical (unpaired) electrons. The third-order valence-electron chi connectivity index (χ3n) is 5.11. The molecule has 0 N–H and O–H groups in total. The first-order chi connectivity index (χ1) is 13.7.